The van der Waals surface area contributed by atoms with Crippen molar-refractivity contribution >= 4 is 12.4 Å². The van der Waals surface area contributed by atoms with Crippen LogP contribution in [0.1, 0.15) is 30.5 Å². The van der Waals surface area contributed by atoms with E-state index in [-0.39, 0.29) is 12.4 Å². The standard InChI is InChI=1S/C12H15N3.ClH/c13-9-12-11(5-4-6-14-12)10-15-7-2-1-3-8-15;/h4-6H,1-3,7-8,10H2;1H. The normalized spacial score (nSPS) is 16.2. The monoisotopic (exact) mass is 237 g/mol. The van der Waals surface area contributed by atoms with Crippen molar-refractivity contribution in [2.24, 2.45) is 0 Å². The highest BCUT2D eigenvalue weighted by molar-refractivity contribution is 5.85. The van der Waals surface area contributed by atoms with Crippen LogP contribution >= 0.6 is 12.4 Å². The summed E-state index contributed by atoms with van der Waals surface area (Å²) in [5.41, 5.74) is 1.63. The van der Waals surface area contributed by atoms with E-state index in [1.807, 2.05) is 12.1 Å². The number of pyridine rings is 1. The summed E-state index contributed by atoms with van der Waals surface area (Å²) in [7, 11) is 0. The number of aromatic nitrogens is 1. The summed E-state index contributed by atoms with van der Waals surface area (Å²) in [6.07, 6.45) is 5.58. The molecule has 0 radical (unpaired) electrons. The SMILES string of the molecule is Cl.N#Cc1ncccc1CN1CCCCC1. The van der Waals surface area contributed by atoms with E-state index in [1.165, 1.54) is 19.3 Å². The number of halogens is 1. The molecule has 0 spiro atoms. The van der Waals surface area contributed by atoms with Crippen molar-refractivity contribution < 1.29 is 0 Å². The maximum absolute atomic E-state index is 8.92. The average molecular weight is 238 g/mol. The molecule has 1 saturated heterocycles. The van der Waals surface area contributed by atoms with Gasteiger partial charge in [0.2, 0.25) is 0 Å². The Balaban J connectivity index is 0.00000128. The van der Waals surface area contributed by atoms with Gasteiger partial charge in [0.05, 0.1) is 0 Å². The Labute approximate surface area is 103 Å². The number of rotatable bonds is 2. The molecule has 0 amide bonds. The van der Waals surface area contributed by atoms with Crippen molar-refractivity contribution in [3.8, 4) is 6.07 Å². The van der Waals surface area contributed by atoms with Gasteiger partial charge < -0.3 is 0 Å². The second-order valence-electron chi connectivity index (χ2n) is 3.96. The molecule has 16 heavy (non-hydrogen) atoms. The second-order valence-corrected chi connectivity index (χ2v) is 3.96. The second kappa shape index (κ2) is 6.47. The predicted octanol–water partition coefficient (Wildman–Crippen LogP) is 2.36. The molecular weight excluding hydrogens is 222 g/mol. The third kappa shape index (κ3) is 3.19. The number of nitriles is 1. The van der Waals surface area contributed by atoms with Crippen molar-refractivity contribution in [2.75, 3.05) is 13.1 Å². The molecule has 1 aromatic heterocycles. The molecule has 1 aliphatic heterocycles. The summed E-state index contributed by atoms with van der Waals surface area (Å²) < 4.78 is 0. The fourth-order valence-electron chi connectivity index (χ4n) is 2.03. The van der Waals surface area contributed by atoms with Crippen LogP contribution in [0.25, 0.3) is 0 Å². The van der Waals surface area contributed by atoms with Gasteiger partial charge >= 0.3 is 0 Å². The van der Waals surface area contributed by atoms with E-state index in [2.05, 4.69) is 16.0 Å². The third-order valence-corrected chi connectivity index (χ3v) is 2.84. The van der Waals surface area contributed by atoms with Gasteiger partial charge in [0.15, 0.2) is 0 Å². The Bertz CT molecular complexity index is 367. The number of likely N-dealkylation sites (tertiary alicyclic amines) is 1. The van der Waals surface area contributed by atoms with Gasteiger partial charge in [-0.05, 0) is 32.0 Å². The van der Waals surface area contributed by atoms with E-state index in [9.17, 15) is 0 Å². The molecule has 0 unspecified atom stereocenters. The molecule has 0 N–H and O–H groups in total. The molecular formula is C12H16ClN3. The Kier molecular flexibility index (Phi) is 5.24. The Morgan fingerprint density at radius 3 is 2.75 bits per heavy atom. The van der Waals surface area contributed by atoms with Crippen molar-refractivity contribution in [2.45, 2.75) is 25.8 Å². The van der Waals surface area contributed by atoms with Gasteiger partial charge in [0, 0.05) is 18.3 Å². The largest absolute Gasteiger partial charge is 0.299 e. The third-order valence-electron chi connectivity index (χ3n) is 2.84. The lowest BCUT2D eigenvalue weighted by Crippen LogP contribution is -2.29. The van der Waals surface area contributed by atoms with Gasteiger partial charge in [-0.2, -0.15) is 5.26 Å². The highest BCUT2D eigenvalue weighted by Gasteiger charge is 2.12. The highest BCUT2D eigenvalue weighted by atomic mass is 35.5. The quantitative estimate of drug-likeness (QED) is 0.793. The zero-order valence-corrected chi connectivity index (χ0v) is 10.0. The highest BCUT2D eigenvalue weighted by Crippen LogP contribution is 2.14. The van der Waals surface area contributed by atoms with E-state index >= 15 is 0 Å². The molecule has 0 aromatic carbocycles. The summed E-state index contributed by atoms with van der Waals surface area (Å²) in [6, 6.07) is 6.05. The number of hydrogen-bond donors (Lipinski definition) is 0. The predicted molar refractivity (Wildman–Crippen MR) is 65.3 cm³/mol. The first-order valence-electron chi connectivity index (χ1n) is 5.46. The molecule has 86 valence electrons. The van der Waals surface area contributed by atoms with Crippen molar-refractivity contribution in [1.29, 1.82) is 5.26 Å². The first-order valence-corrected chi connectivity index (χ1v) is 5.46. The van der Waals surface area contributed by atoms with E-state index in [0.29, 0.717) is 5.69 Å². The van der Waals surface area contributed by atoms with Gasteiger partial charge in [0.1, 0.15) is 11.8 Å². The average Bonchev–Trinajstić information content (AvgIpc) is 2.31. The van der Waals surface area contributed by atoms with Crippen LogP contribution < -0.4 is 0 Å². The zero-order chi connectivity index (χ0) is 10.5. The summed E-state index contributed by atoms with van der Waals surface area (Å²) in [5, 5.41) is 8.92. The number of hydrogen-bond acceptors (Lipinski definition) is 3. The minimum Gasteiger partial charge on any atom is -0.299 e. The molecule has 1 aliphatic rings. The summed E-state index contributed by atoms with van der Waals surface area (Å²) in [6.45, 7) is 3.18. The zero-order valence-electron chi connectivity index (χ0n) is 9.22. The van der Waals surface area contributed by atoms with Crippen LogP contribution in [0, 0.1) is 11.3 Å². The summed E-state index contributed by atoms with van der Waals surface area (Å²) >= 11 is 0. The first kappa shape index (κ1) is 13.0. The van der Waals surface area contributed by atoms with Gasteiger partial charge in [-0.15, -0.1) is 12.4 Å². The number of piperidine rings is 1. The van der Waals surface area contributed by atoms with Gasteiger partial charge in [-0.3, -0.25) is 4.90 Å². The molecule has 2 rings (SSSR count). The van der Waals surface area contributed by atoms with E-state index < -0.39 is 0 Å². The maximum Gasteiger partial charge on any atom is 0.144 e. The van der Waals surface area contributed by atoms with Crippen molar-refractivity contribution in [1.82, 2.24) is 9.88 Å². The van der Waals surface area contributed by atoms with Crippen LogP contribution in [-0.2, 0) is 6.54 Å². The van der Waals surface area contributed by atoms with Gasteiger partial charge in [0.25, 0.3) is 0 Å². The first-order chi connectivity index (χ1) is 7.40. The van der Waals surface area contributed by atoms with E-state index in [4.69, 9.17) is 5.26 Å². The van der Waals surface area contributed by atoms with Crippen LogP contribution in [0.2, 0.25) is 0 Å². The topological polar surface area (TPSA) is 39.9 Å². The molecule has 0 bridgehead atoms. The molecule has 1 fully saturated rings. The molecule has 3 nitrogen and oxygen atoms in total. The van der Waals surface area contributed by atoms with Crippen LogP contribution in [-0.4, -0.2) is 23.0 Å². The Hall–Kier alpha value is -1.11. The molecule has 4 heteroatoms. The van der Waals surface area contributed by atoms with E-state index in [1.54, 1.807) is 6.20 Å². The fourth-order valence-corrected chi connectivity index (χ4v) is 2.03. The molecule has 1 aromatic rings. The summed E-state index contributed by atoms with van der Waals surface area (Å²) in [5.74, 6) is 0. The van der Waals surface area contributed by atoms with Crippen molar-refractivity contribution in [3.05, 3.63) is 29.6 Å². The van der Waals surface area contributed by atoms with Gasteiger partial charge in [-0.1, -0.05) is 12.5 Å². The lowest BCUT2D eigenvalue weighted by molar-refractivity contribution is 0.220. The van der Waals surface area contributed by atoms with Crippen LogP contribution in [0.3, 0.4) is 0 Å². The molecule has 0 aliphatic carbocycles. The Morgan fingerprint density at radius 2 is 2.06 bits per heavy atom. The van der Waals surface area contributed by atoms with Crippen LogP contribution in [0.5, 0.6) is 0 Å². The molecule has 0 saturated carbocycles. The lowest BCUT2D eigenvalue weighted by atomic mass is 10.1. The van der Waals surface area contributed by atoms with E-state index in [0.717, 1.165) is 25.2 Å². The molecule has 0 atom stereocenters. The lowest BCUT2D eigenvalue weighted by Gasteiger charge is -2.26. The fraction of sp³-hybridized carbons (Fsp3) is 0.500. The minimum atomic E-state index is 0. The molecule has 2 heterocycles. The minimum absolute atomic E-state index is 0. The maximum atomic E-state index is 8.92. The van der Waals surface area contributed by atoms with Gasteiger partial charge in [-0.25, -0.2) is 4.98 Å². The van der Waals surface area contributed by atoms with Crippen molar-refractivity contribution in [3.63, 3.8) is 0 Å². The number of nitrogens with zero attached hydrogens (tertiary/aromatic N) is 3. The summed E-state index contributed by atoms with van der Waals surface area (Å²) in [4.78, 5) is 6.48. The smallest absolute Gasteiger partial charge is 0.144 e. The van der Waals surface area contributed by atoms with Crippen LogP contribution in [0.15, 0.2) is 18.3 Å². The van der Waals surface area contributed by atoms with Crippen LogP contribution in [0.4, 0.5) is 0 Å². The Morgan fingerprint density at radius 1 is 1.31 bits per heavy atom.